The first-order valence-corrected chi connectivity index (χ1v) is 11.0. The van der Waals surface area contributed by atoms with Gasteiger partial charge in [-0.05, 0) is 59.9 Å². The summed E-state index contributed by atoms with van der Waals surface area (Å²) in [5.41, 5.74) is 3.64. The van der Waals surface area contributed by atoms with E-state index in [1.807, 2.05) is 54.6 Å². The number of hydrogen-bond acceptors (Lipinski definition) is 5. The molecule has 158 valence electrons. The van der Waals surface area contributed by atoms with Crippen molar-refractivity contribution in [3.63, 3.8) is 0 Å². The first-order chi connectivity index (χ1) is 14.8. The van der Waals surface area contributed by atoms with Gasteiger partial charge in [-0.15, -0.1) is 0 Å². The third-order valence-electron chi connectivity index (χ3n) is 4.98. The van der Waals surface area contributed by atoms with Crippen LogP contribution >= 0.6 is 11.8 Å². The average Bonchev–Trinajstić information content (AvgIpc) is 3.23. The second kappa shape index (κ2) is 8.51. The Hall–Kier alpha value is -3.19. The second-order valence-corrected chi connectivity index (χ2v) is 9.41. The van der Waals surface area contributed by atoms with E-state index < -0.39 is 0 Å². The standard InChI is InChI=1S/C24H25N5OS/c1-5-18-14-21(29-23(28-18)25-15-26-29)31-20-12-10-19(11-13-20)27-22(30)16-6-8-17(9-7-16)24(2,3)4/h6-15H,5H2,1-4H3,(H,27,30). The Balaban J connectivity index is 1.46. The molecule has 0 saturated heterocycles. The van der Waals surface area contributed by atoms with Crippen molar-refractivity contribution in [2.45, 2.75) is 49.5 Å². The maximum absolute atomic E-state index is 12.6. The largest absolute Gasteiger partial charge is 0.322 e. The summed E-state index contributed by atoms with van der Waals surface area (Å²) in [4.78, 5) is 22.3. The minimum atomic E-state index is -0.119. The third kappa shape index (κ3) is 4.77. The van der Waals surface area contributed by atoms with Gasteiger partial charge in [0, 0.05) is 21.8 Å². The third-order valence-corrected chi connectivity index (χ3v) is 5.99. The zero-order valence-corrected chi connectivity index (χ0v) is 18.9. The van der Waals surface area contributed by atoms with Crippen LogP contribution in [0.3, 0.4) is 0 Å². The molecule has 0 spiro atoms. The van der Waals surface area contributed by atoms with Crippen LogP contribution in [0.4, 0.5) is 5.69 Å². The SMILES string of the molecule is CCc1cc(Sc2ccc(NC(=O)c3ccc(C(C)(C)C)cc3)cc2)n2ncnc2n1. The summed E-state index contributed by atoms with van der Waals surface area (Å²) < 4.78 is 1.74. The predicted octanol–water partition coefficient (Wildman–Crippen LogP) is 5.39. The number of nitrogens with one attached hydrogen (secondary N) is 1. The van der Waals surface area contributed by atoms with Crippen LogP contribution in [0.25, 0.3) is 5.78 Å². The van der Waals surface area contributed by atoms with E-state index in [0.29, 0.717) is 11.3 Å². The van der Waals surface area contributed by atoms with E-state index in [-0.39, 0.29) is 11.3 Å². The fourth-order valence-electron chi connectivity index (χ4n) is 3.14. The number of anilines is 1. The Labute approximate surface area is 186 Å². The van der Waals surface area contributed by atoms with Gasteiger partial charge < -0.3 is 5.32 Å². The molecule has 0 unspecified atom stereocenters. The number of aromatic nitrogens is 4. The molecule has 0 atom stereocenters. The number of carbonyl (C=O) groups excluding carboxylic acids is 1. The van der Waals surface area contributed by atoms with Gasteiger partial charge in [0.1, 0.15) is 11.4 Å². The van der Waals surface area contributed by atoms with Gasteiger partial charge in [0.15, 0.2) is 0 Å². The van der Waals surface area contributed by atoms with Crippen LogP contribution in [0.2, 0.25) is 0 Å². The number of carbonyl (C=O) groups is 1. The highest BCUT2D eigenvalue weighted by molar-refractivity contribution is 7.99. The van der Waals surface area contributed by atoms with E-state index in [1.165, 1.54) is 11.9 Å². The molecule has 0 aliphatic heterocycles. The fourth-order valence-corrected chi connectivity index (χ4v) is 4.06. The van der Waals surface area contributed by atoms with Crippen molar-refractivity contribution in [2.24, 2.45) is 0 Å². The molecular formula is C24H25N5OS. The van der Waals surface area contributed by atoms with Gasteiger partial charge in [-0.2, -0.15) is 14.6 Å². The lowest BCUT2D eigenvalue weighted by molar-refractivity contribution is 0.102. The van der Waals surface area contributed by atoms with Crippen LogP contribution in [0.1, 0.15) is 49.3 Å². The molecule has 0 radical (unpaired) electrons. The summed E-state index contributed by atoms with van der Waals surface area (Å²) in [6.07, 6.45) is 2.34. The van der Waals surface area contributed by atoms with Gasteiger partial charge in [0.2, 0.25) is 0 Å². The quantitative estimate of drug-likeness (QED) is 0.429. The number of amides is 1. The van der Waals surface area contributed by atoms with E-state index in [1.54, 1.807) is 16.3 Å². The summed E-state index contributed by atoms with van der Waals surface area (Å²) in [7, 11) is 0. The number of hydrogen-bond donors (Lipinski definition) is 1. The first-order valence-electron chi connectivity index (χ1n) is 10.2. The molecule has 1 N–H and O–H groups in total. The lowest BCUT2D eigenvalue weighted by atomic mass is 9.87. The minimum Gasteiger partial charge on any atom is -0.322 e. The monoisotopic (exact) mass is 431 g/mol. The highest BCUT2D eigenvalue weighted by atomic mass is 32.2. The Morgan fingerprint density at radius 3 is 2.42 bits per heavy atom. The summed E-state index contributed by atoms with van der Waals surface area (Å²) >= 11 is 1.59. The van der Waals surface area contributed by atoms with Crippen LogP contribution in [0, 0.1) is 0 Å². The van der Waals surface area contributed by atoms with Crippen molar-refractivity contribution < 1.29 is 4.79 Å². The number of fused-ring (bicyclic) bond motifs is 1. The Morgan fingerprint density at radius 2 is 1.77 bits per heavy atom. The number of rotatable bonds is 5. The van der Waals surface area contributed by atoms with Crippen LogP contribution in [-0.4, -0.2) is 25.5 Å². The van der Waals surface area contributed by atoms with Crippen molar-refractivity contribution in [1.82, 2.24) is 19.6 Å². The maximum Gasteiger partial charge on any atom is 0.255 e. The van der Waals surface area contributed by atoms with Gasteiger partial charge in [0.05, 0.1) is 0 Å². The zero-order chi connectivity index (χ0) is 22.0. The summed E-state index contributed by atoms with van der Waals surface area (Å²) in [6.45, 7) is 8.54. The van der Waals surface area contributed by atoms with Crippen LogP contribution in [0.15, 0.2) is 70.8 Å². The Bertz CT molecular complexity index is 1210. The molecule has 31 heavy (non-hydrogen) atoms. The molecule has 0 saturated carbocycles. The van der Waals surface area contributed by atoms with E-state index in [4.69, 9.17) is 0 Å². The minimum absolute atomic E-state index is 0.0625. The molecule has 2 heterocycles. The van der Waals surface area contributed by atoms with E-state index in [2.05, 4.69) is 48.1 Å². The summed E-state index contributed by atoms with van der Waals surface area (Å²) in [5, 5.41) is 8.19. The zero-order valence-electron chi connectivity index (χ0n) is 18.1. The van der Waals surface area contributed by atoms with E-state index >= 15 is 0 Å². The Morgan fingerprint density at radius 1 is 1.06 bits per heavy atom. The average molecular weight is 432 g/mol. The van der Waals surface area contributed by atoms with Crippen molar-refractivity contribution in [3.8, 4) is 0 Å². The van der Waals surface area contributed by atoms with Crippen molar-refractivity contribution >= 4 is 29.1 Å². The topological polar surface area (TPSA) is 72.2 Å². The normalized spacial score (nSPS) is 11.6. The van der Waals surface area contributed by atoms with Gasteiger partial charge in [0.25, 0.3) is 11.7 Å². The van der Waals surface area contributed by atoms with Gasteiger partial charge in [-0.3, -0.25) is 4.79 Å². The second-order valence-electron chi connectivity index (χ2n) is 8.32. The molecule has 0 aliphatic carbocycles. The number of aryl methyl sites for hydroxylation is 1. The Kier molecular flexibility index (Phi) is 5.78. The summed E-state index contributed by atoms with van der Waals surface area (Å²) in [6, 6.07) is 17.6. The molecular weight excluding hydrogens is 406 g/mol. The molecule has 4 rings (SSSR count). The van der Waals surface area contributed by atoms with Crippen molar-refractivity contribution in [2.75, 3.05) is 5.32 Å². The maximum atomic E-state index is 12.6. The van der Waals surface area contributed by atoms with Crippen LogP contribution in [-0.2, 0) is 11.8 Å². The first kappa shape index (κ1) is 21.1. The molecule has 1 amide bonds. The molecule has 0 fully saturated rings. The molecule has 2 aromatic carbocycles. The van der Waals surface area contributed by atoms with Crippen molar-refractivity contribution in [1.29, 1.82) is 0 Å². The molecule has 0 bridgehead atoms. The summed E-state index contributed by atoms with van der Waals surface area (Å²) in [5.74, 6) is 0.482. The smallest absolute Gasteiger partial charge is 0.255 e. The van der Waals surface area contributed by atoms with Gasteiger partial charge >= 0.3 is 0 Å². The lowest BCUT2D eigenvalue weighted by Crippen LogP contribution is -2.14. The van der Waals surface area contributed by atoms with Crippen molar-refractivity contribution in [3.05, 3.63) is 77.7 Å². The van der Waals surface area contributed by atoms with Gasteiger partial charge in [-0.1, -0.05) is 51.6 Å². The fraction of sp³-hybridized carbons (Fsp3) is 0.250. The lowest BCUT2D eigenvalue weighted by Gasteiger charge is -2.19. The molecule has 2 aromatic heterocycles. The predicted molar refractivity (Wildman–Crippen MR) is 124 cm³/mol. The highest BCUT2D eigenvalue weighted by Gasteiger charge is 2.14. The highest BCUT2D eigenvalue weighted by Crippen LogP contribution is 2.29. The van der Waals surface area contributed by atoms with Crippen LogP contribution < -0.4 is 5.32 Å². The van der Waals surface area contributed by atoms with E-state index in [9.17, 15) is 4.79 Å². The molecule has 4 aromatic rings. The van der Waals surface area contributed by atoms with Crippen LogP contribution in [0.5, 0.6) is 0 Å². The van der Waals surface area contributed by atoms with Gasteiger partial charge in [-0.25, -0.2) is 4.98 Å². The molecule has 6 nitrogen and oxygen atoms in total. The molecule has 0 aliphatic rings. The number of nitrogens with zero attached hydrogens (tertiary/aromatic N) is 4. The number of benzene rings is 2. The van der Waals surface area contributed by atoms with E-state index in [0.717, 1.165) is 27.7 Å². The molecule has 7 heteroatoms.